The molecule has 1 heterocycles. The van der Waals surface area contributed by atoms with Gasteiger partial charge in [-0.25, -0.2) is 0 Å². The SMILES string of the molecule is COc1cc(C=Nc2ccc([C@@H]3Nc4ccccc4[C@H]4C=CC[C@@H]43)cc2)ccc1O. The molecule has 0 amide bonds. The Morgan fingerprint density at radius 2 is 1.90 bits per heavy atom. The van der Waals surface area contributed by atoms with Gasteiger partial charge in [-0.05, 0) is 65.4 Å². The van der Waals surface area contributed by atoms with E-state index in [1.165, 1.54) is 23.9 Å². The van der Waals surface area contributed by atoms with Gasteiger partial charge < -0.3 is 15.2 Å². The number of fused-ring (bicyclic) bond motifs is 3. The van der Waals surface area contributed by atoms with Crippen molar-refractivity contribution < 1.29 is 9.84 Å². The number of para-hydroxylation sites is 1. The number of phenols is 1. The van der Waals surface area contributed by atoms with E-state index in [4.69, 9.17) is 4.74 Å². The smallest absolute Gasteiger partial charge is 0.161 e. The minimum absolute atomic E-state index is 0.125. The first-order chi connectivity index (χ1) is 14.7. The summed E-state index contributed by atoms with van der Waals surface area (Å²) in [5.74, 6) is 1.59. The Balaban J connectivity index is 1.37. The fourth-order valence-electron chi connectivity index (χ4n) is 4.56. The average molecular weight is 396 g/mol. The number of aliphatic imine (C=N–C) groups is 1. The third-order valence-electron chi connectivity index (χ3n) is 6.09. The molecule has 3 aromatic carbocycles. The zero-order valence-electron chi connectivity index (χ0n) is 16.8. The predicted molar refractivity (Wildman–Crippen MR) is 121 cm³/mol. The Hall–Kier alpha value is -3.53. The third-order valence-corrected chi connectivity index (χ3v) is 6.09. The van der Waals surface area contributed by atoms with Gasteiger partial charge in [-0.3, -0.25) is 4.99 Å². The maximum Gasteiger partial charge on any atom is 0.161 e. The Kier molecular flexibility index (Phi) is 4.75. The summed E-state index contributed by atoms with van der Waals surface area (Å²) in [5, 5.41) is 13.5. The summed E-state index contributed by atoms with van der Waals surface area (Å²) >= 11 is 0. The Morgan fingerprint density at radius 1 is 1.07 bits per heavy atom. The van der Waals surface area contributed by atoms with Crippen molar-refractivity contribution in [1.82, 2.24) is 0 Å². The summed E-state index contributed by atoms with van der Waals surface area (Å²) in [4.78, 5) is 4.58. The second kappa shape index (κ2) is 7.71. The molecule has 2 aliphatic rings. The van der Waals surface area contributed by atoms with E-state index in [0.717, 1.165) is 17.7 Å². The van der Waals surface area contributed by atoms with Crippen molar-refractivity contribution in [2.45, 2.75) is 18.4 Å². The number of phenolic OH excluding ortho intramolecular Hbond substituents is 1. The fourth-order valence-corrected chi connectivity index (χ4v) is 4.56. The van der Waals surface area contributed by atoms with Crippen LogP contribution in [-0.4, -0.2) is 18.4 Å². The molecule has 4 nitrogen and oxygen atoms in total. The molecule has 2 N–H and O–H groups in total. The van der Waals surface area contributed by atoms with Crippen molar-refractivity contribution in [2.24, 2.45) is 10.9 Å². The van der Waals surface area contributed by atoms with Crippen molar-refractivity contribution >= 4 is 17.6 Å². The molecule has 0 unspecified atom stereocenters. The van der Waals surface area contributed by atoms with Gasteiger partial charge in [0.15, 0.2) is 11.5 Å². The number of anilines is 1. The average Bonchev–Trinajstić information content (AvgIpc) is 3.29. The van der Waals surface area contributed by atoms with Crippen LogP contribution in [0.4, 0.5) is 11.4 Å². The zero-order valence-corrected chi connectivity index (χ0v) is 16.8. The van der Waals surface area contributed by atoms with E-state index < -0.39 is 0 Å². The molecule has 5 rings (SSSR count). The van der Waals surface area contributed by atoms with Gasteiger partial charge in [0.2, 0.25) is 0 Å². The fraction of sp³-hybridized carbons (Fsp3) is 0.192. The van der Waals surface area contributed by atoms with Gasteiger partial charge in [0.05, 0.1) is 18.8 Å². The Bertz CT molecular complexity index is 1120. The number of allylic oxidation sites excluding steroid dienone is 2. The van der Waals surface area contributed by atoms with Gasteiger partial charge in [0.25, 0.3) is 0 Å². The Morgan fingerprint density at radius 3 is 2.73 bits per heavy atom. The first kappa shape index (κ1) is 18.5. The number of hydrogen-bond acceptors (Lipinski definition) is 4. The zero-order chi connectivity index (χ0) is 20.5. The van der Waals surface area contributed by atoms with Crippen LogP contribution in [-0.2, 0) is 0 Å². The van der Waals surface area contributed by atoms with Crippen LogP contribution in [0.25, 0.3) is 0 Å². The first-order valence-electron chi connectivity index (χ1n) is 10.3. The lowest BCUT2D eigenvalue weighted by molar-refractivity contribution is 0.373. The van der Waals surface area contributed by atoms with Crippen molar-refractivity contribution in [2.75, 3.05) is 12.4 Å². The van der Waals surface area contributed by atoms with Crippen LogP contribution in [0.3, 0.4) is 0 Å². The lowest BCUT2D eigenvalue weighted by atomic mass is 9.77. The number of aromatic hydroxyl groups is 1. The monoisotopic (exact) mass is 396 g/mol. The van der Waals surface area contributed by atoms with E-state index in [0.29, 0.717) is 23.6 Å². The normalized spacial score (nSPS) is 21.8. The van der Waals surface area contributed by atoms with E-state index in [1.54, 1.807) is 18.3 Å². The molecule has 1 aliphatic heterocycles. The molecule has 0 spiro atoms. The van der Waals surface area contributed by atoms with Crippen LogP contribution >= 0.6 is 0 Å². The molecular weight excluding hydrogens is 372 g/mol. The van der Waals surface area contributed by atoms with E-state index >= 15 is 0 Å². The standard InChI is InChI=1S/C26H24N2O2/c1-30-25-15-17(9-14-24(25)29)16-27-19-12-10-18(11-13-19)26-22-7-4-6-20(22)21-5-2-3-8-23(21)28-26/h2-6,8-16,20,22,26,28-29H,7H2,1H3/t20-,22+,26+/m1/s1. The quantitative estimate of drug-likeness (QED) is 0.421. The van der Waals surface area contributed by atoms with Crippen LogP contribution in [0, 0.1) is 5.92 Å². The molecule has 30 heavy (non-hydrogen) atoms. The van der Waals surface area contributed by atoms with Gasteiger partial charge in [-0.1, -0.05) is 42.5 Å². The third kappa shape index (κ3) is 3.35. The maximum absolute atomic E-state index is 9.72. The molecule has 4 heteroatoms. The summed E-state index contributed by atoms with van der Waals surface area (Å²) in [7, 11) is 1.54. The van der Waals surface area contributed by atoms with Crippen molar-refractivity contribution in [1.29, 1.82) is 0 Å². The summed E-state index contributed by atoms with van der Waals surface area (Å²) in [6.07, 6.45) is 7.56. The summed E-state index contributed by atoms with van der Waals surface area (Å²) < 4.78 is 5.16. The number of benzene rings is 3. The molecule has 0 bridgehead atoms. The van der Waals surface area contributed by atoms with E-state index in [9.17, 15) is 5.11 Å². The van der Waals surface area contributed by atoms with E-state index in [2.05, 4.69) is 71.0 Å². The maximum atomic E-state index is 9.72. The number of hydrogen-bond donors (Lipinski definition) is 2. The van der Waals surface area contributed by atoms with Gasteiger partial charge in [0, 0.05) is 17.8 Å². The van der Waals surface area contributed by atoms with Crippen LogP contribution in [0.15, 0.2) is 83.9 Å². The molecule has 150 valence electrons. The van der Waals surface area contributed by atoms with Gasteiger partial charge in [-0.15, -0.1) is 0 Å². The number of nitrogens with zero attached hydrogens (tertiary/aromatic N) is 1. The van der Waals surface area contributed by atoms with E-state index in [-0.39, 0.29) is 5.75 Å². The minimum Gasteiger partial charge on any atom is -0.504 e. The second-order valence-electron chi connectivity index (χ2n) is 7.84. The topological polar surface area (TPSA) is 53.8 Å². The highest BCUT2D eigenvalue weighted by Crippen LogP contribution is 2.49. The molecular formula is C26H24N2O2. The molecule has 0 radical (unpaired) electrons. The van der Waals surface area contributed by atoms with Crippen LogP contribution < -0.4 is 10.1 Å². The van der Waals surface area contributed by atoms with Gasteiger partial charge in [0.1, 0.15) is 0 Å². The molecule has 0 saturated heterocycles. The molecule has 3 aromatic rings. The van der Waals surface area contributed by atoms with Crippen LogP contribution in [0.1, 0.15) is 35.1 Å². The first-order valence-corrected chi connectivity index (χ1v) is 10.3. The van der Waals surface area contributed by atoms with Gasteiger partial charge in [-0.2, -0.15) is 0 Å². The highest BCUT2D eigenvalue weighted by Gasteiger charge is 2.37. The summed E-state index contributed by atoms with van der Waals surface area (Å²) in [6, 6.07) is 22.6. The molecule has 3 atom stereocenters. The molecule has 0 aromatic heterocycles. The van der Waals surface area contributed by atoms with Crippen molar-refractivity contribution in [3.05, 3.63) is 95.6 Å². The molecule has 0 saturated carbocycles. The van der Waals surface area contributed by atoms with Crippen molar-refractivity contribution in [3.8, 4) is 11.5 Å². The number of ether oxygens (including phenoxy) is 1. The molecule has 1 aliphatic carbocycles. The van der Waals surface area contributed by atoms with E-state index in [1.807, 2.05) is 6.07 Å². The van der Waals surface area contributed by atoms with Gasteiger partial charge >= 0.3 is 0 Å². The lowest BCUT2D eigenvalue weighted by Gasteiger charge is -2.37. The van der Waals surface area contributed by atoms with Crippen LogP contribution in [0.5, 0.6) is 11.5 Å². The second-order valence-corrected chi connectivity index (χ2v) is 7.84. The predicted octanol–water partition coefficient (Wildman–Crippen LogP) is 5.98. The highest BCUT2D eigenvalue weighted by molar-refractivity contribution is 5.83. The van der Waals surface area contributed by atoms with Crippen LogP contribution in [0.2, 0.25) is 0 Å². The number of nitrogens with one attached hydrogen (secondary N) is 1. The molecule has 0 fully saturated rings. The minimum atomic E-state index is 0.125. The summed E-state index contributed by atoms with van der Waals surface area (Å²) in [5.41, 5.74) is 5.69. The number of rotatable bonds is 4. The number of methoxy groups -OCH3 is 1. The van der Waals surface area contributed by atoms with Crippen molar-refractivity contribution in [3.63, 3.8) is 0 Å². The Labute approximate surface area is 176 Å². The highest BCUT2D eigenvalue weighted by atomic mass is 16.5. The lowest BCUT2D eigenvalue weighted by Crippen LogP contribution is -2.28. The largest absolute Gasteiger partial charge is 0.504 e. The summed E-state index contributed by atoms with van der Waals surface area (Å²) in [6.45, 7) is 0.